The number of halogens is 1. The van der Waals surface area contributed by atoms with E-state index in [1.54, 1.807) is 6.07 Å². The fraction of sp³-hybridized carbons (Fsp3) is 0.364. The third kappa shape index (κ3) is 3.26. The van der Waals surface area contributed by atoms with Crippen LogP contribution in [0.25, 0.3) is 10.1 Å². The van der Waals surface area contributed by atoms with E-state index >= 15 is 0 Å². The first-order valence-electron chi connectivity index (χ1n) is 9.45. The molecule has 1 aliphatic heterocycles. The summed E-state index contributed by atoms with van der Waals surface area (Å²) < 4.78 is 19.2. The molecule has 0 saturated carbocycles. The van der Waals surface area contributed by atoms with E-state index in [2.05, 4.69) is 11.0 Å². The van der Waals surface area contributed by atoms with Gasteiger partial charge in [0.25, 0.3) is 0 Å². The molecule has 4 nitrogen and oxygen atoms in total. The number of anilines is 1. The standard InChI is InChI=1S/C22H24FN3OS/c1-22(2,3)18(20(24)27)16-5-4-6-17-19(16)28-25-21(17)26-10-9-13-11-15(23)8-7-14(13)12-26/h4-8,11,18H,9-10,12H2,1-3H3,(H2,24,27). The third-order valence-corrected chi connectivity index (χ3v) is 6.35. The van der Waals surface area contributed by atoms with E-state index in [1.165, 1.54) is 17.6 Å². The molecule has 146 valence electrons. The number of hydrogen-bond acceptors (Lipinski definition) is 4. The molecule has 0 aliphatic carbocycles. The Balaban J connectivity index is 1.75. The highest BCUT2D eigenvalue weighted by Crippen LogP contribution is 2.42. The second kappa shape index (κ2) is 6.85. The lowest BCUT2D eigenvalue weighted by Crippen LogP contribution is -2.32. The van der Waals surface area contributed by atoms with Gasteiger partial charge in [0, 0.05) is 18.5 Å². The zero-order chi connectivity index (χ0) is 20.1. The highest BCUT2D eigenvalue weighted by atomic mass is 32.1. The topological polar surface area (TPSA) is 59.2 Å². The van der Waals surface area contributed by atoms with Gasteiger partial charge in [-0.1, -0.05) is 39.0 Å². The Hall–Kier alpha value is -2.47. The van der Waals surface area contributed by atoms with E-state index < -0.39 is 0 Å². The van der Waals surface area contributed by atoms with Gasteiger partial charge in [-0.2, -0.15) is 4.37 Å². The van der Waals surface area contributed by atoms with Crippen LogP contribution in [0.15, 0.2) is 36.4 Å². The van der Waals surface area contributed by atoms with Crippen LogP contribution in [-0.2, 0) is 17.8 Å². The summed E-state index contributed by atoms with van der Waals surface area (Å²) in [6, 6.07) is 11.0. The summed E-state index contributed by atoms with van der Waals surface area (Å²) in [4.78, 5) is 14.5. The molecule has 0 saturated heterocycles. The van der Waals surface area contributed by atoms with Crippen molar-refractivity contribution in [1.29, 1.82) is 0 Å². The van der Waals surface area contributed by atoms with Crippen molar-refractivity contribution in [2.75, 3.05) is 11.4 Å². The lowest BCUT2D eigenvalue weighted by molar-refractivity contribution is -0.121. The second-order valence-corrected chi connectivity index (χ2v) is 9.29. The Labute approximate surface area is 168 Å². The SMILES string of the molecule is CC(C)(C)C(C(N)=O)c1cccc2c(N3CCc4cc(F)ccc4C3)nsc12. The molecule has 1 amide bonds. The molecule has 0 fully saturated rings. The van der Waals surface area contributed by atoms with E-state index in [0.717, 1.165) is 45.6 Å². The lowest BCUT2D eigenvalue weighted by Gasteiger charge is -2.30. The molecule has 1 atom stereocenters. The van der Waals surface area contributed by atoms with Gasteiger partial charge in [-0.25, -0.2) is 4.39 Å². The summed E-state index contributed by atoms with van der Waals surface area (Å²) in [5, 5.41) is 1.04. The fourth-order valence-corrected chi connectivity index (χ4v) is 5.12. The molecule has 4 rings (SSSR count). The minimum atomic E-state index is -0.380. The summed E-state index contributed by atoms with van der Waals surface area (Å²) >= 11 is 1.42. The van der Waals surface area contributed by atoms with Crippen molar-refractivity contribution in [2.24, 2.45) is 11.1 Å². The van der Waals surface area contributed by atoms with Crippen LogP contribution in [0.4, 0.5) is 10.2 Å². The summed E-state index contributed by atoms with van der Waals surface area (Å²) in [6.07, 6.45) is 0.789. The quantitative estimate of drug-likeness (QED) is 0.702. The predicted molar refractivity (Wildman–Crippen MR) is 112 cm³/mol. The van der Waals surface area contributed by atoms with Crippen molar-refractivity contribution in [2.45, 2.75) is 39.7 Å². The number of nitrogens with two attached hydrogens (primary N) is 1. The van der Waals surface area contributed by atoms with Gasteiger partial charge in [-0.15, -0.1) is 0 Å². The third-order valence-electron chi connectivity index (χ3n) is 5.45. The number of hydrogen-bond donors (Lipinski definition) is 1. The van der Waals surface area contributed by atoms with Crippen molar-refractivity contribution in [3.8, 4) is 0 Å². The molecule has 2 aromatic carbocycles. The minimum Gasteiger partial charge on any atom is -0.369 e. The number of benzene rings is 2. The number of amides is 1. The maximum absolute atomic E-state index is 13.5. The molecule has 6 heteroatoms. The van der Waals surface area contributed by atoms with Gasteiger partial charge in [0.15, 0.2) is 0 Å². The first-order chi connectivity index (χ1) is 13.3. The molecule has 1 unspecified atom stereocenters. The van der Waals surface area contributed by atoms with Crippen molar-refractivity contribution in [1.82, 2.24) is 4.37 Å². The van der Waals surface area contributed by atoms with Gasteiger partial charge in [0.05, 0.1) is 10.6 Å². The number of primary amides is 1. The number of rotatable bonds is 3. The zero-order valence-electron chi connectivity index (χ0n) is 16.3. The van der Waals surface area contributed by atoms with E-state index in [-0.39, 0.29) is 23.1 Å². The average Bonchev–Trinajstić information content (AvgIpc) is 3.05. The molecular weight excluding hydrogens is 373 g/mol. The van der Waals surface area contributed by atoms with Gasteiger partial charge in [0.2, 0.25) is 5.91 Å². The molecule has 0 radical (unpaired) electrons. The second-order valence-electron chi connectivity index (χ2n) is 8.52. The largest absolute Gasteiger partial charge is 0.369 e. The number of aromatic nitrogens is 1. The molecule has 1 aliphatic rings. The number of carbonyl (C=O) groups is 1. The van der Waals surface area contributed by atoms with Crippen LogP contribution in [-0.4, -0.2) is 16.8 Å². The highest BCUT2D eigenvalue weighted by Gasteiger charge is 2.33. The maximum atomic E-state index is 13.5. The Bertz CT molecular complexity index is 1050. The summed E-state index contributed by atoms with van der Waals surface area (Å²) in [6.45, 7) is 7.59. The van der Waals surface area contributed by atoms with Gasteiger partial charge in [0.1, 0.15) is 11.6 Å². The number of nitrogens with zero attached hydrogens (tertiary/aromatic N) is 2. The molecule has 3 aromatic rings. The summed E-state index contributed by atoms with van der Waals surface area (Å²) in [5.74, 6) is 0.0445. The van der Waals surface area contributed by atoms with Gasteiger partial charge < -0.3 is 10.6 Å². The van der Waals surface area contributed by atoms with Gasteiger partial charge >= 0.3 is 0 Å². The molecule has 2 heterocycles. The first kappa shape index (κ1) is 18.9. The highest BCUT2D eigenvalue weighted by molar-refractivity contribution is 7.14. The zero-order valence-corrected chi connectivity index (χ0v) is 17.1. The van der Waals surface area contributed by atoms with Gasteiger partial charge in [-0.3, -0.25) is 4.79 Å². The Morgan fingerprint density at radius 2 is 2.04 bits per heavy atom. The lowest BCUT2D eigenvalue weighted by atomic mass is 9.76. The Kier molecular flexibility index (Phi) is 4.62. The normalized spacial score (nSPS) is 15.5. The van der Waals surface area contributed by atoms with Crippen LogP contribution < -0.4 is 10.6 Å². The van der Waals surface area contributed by atoms with E-state index in [0.29, 0.717) is 6.54 Å². The van der Waals surface area contributed by atoms with E-state index in [4.69, 9.17) is 10.1 Å². The number of fused-ring (bicyclic) bond motifs is 2. The smallest absolute Gasteiger partial charge is 0.225 e. The van der Waals surface area contributed by atoms with E-state index in [1.807, 2.05) is 39.0 Å². The van der Waals surface area contributed by atoms with Crippen LogP contribution in [0.3, 0.4) is 0 Å². The van der Waals surface area contributed by atoms with Crippen LogP contribution in [0.1, 0.15) is 43.4 Å². The van der Waals surface area contributed by atoms with Crippen LogP contribution in [0.2, 0.25) is 0 Å². The Morgan fingerprint density at radius 1 is 1.25 bits per heavy atom. The van der Waals surface area contributed by atoms with E-state index in [9.17, 15) is 9.18 Å². The van der Waals surface area contributed by atoms with Crippen molar-refractivity contribution >= 4 is 33.3 Å². The van der Waals surface area contributed by atoms with Crippen LogP contribution in [0.5, 0.6) is 0 Å². The average molecular weight is 398 g/mol. The first-order valence-corrected chi connectivity index (χ1v) is 10.2. The predicted octanol–water partition coefficient (Wildman–Crippen LogP) is 4.61. The molecular formula is C22H24FN3OS. The summed E-state index contributed by atoms with van der Waals surface area (Å²) in [7, 11) is 0. The van der Waals surface area contributed by atoms with Crippen LogP contribution in [0, 0.1) is 11.2 Å². The fourth-order valence-electron chi connectivity index (χ4n) is 4.18. The van der Waals surface area contributed by atoms with Crippen LogP contribution >= 0.6 is 11.5 Å². The molecule has 28 heavy (non-hydrogen) atoms. The molecule has 0 spiro atoms. The molecule has 2 N–H and O–H groups in total. The summed E-state index contributed by atoms with van der Waals surface area (Å²) in [5.41, 5.74) is 8.63. The Morgan fingerprint density at radius 3 is 2.75 bits per heavy atom. The monoisotopic (exact) mass is 397 g/mol. The maximum Gasteiger partial charge on any atom is 0.225 e. The van der Waals surface area contributed by atoms with Crippen molar-refractivity contribution < 1.29 is 9.18 Å². The molecule has 0 bridgehead atoms. The van der Waals surface area contributed by atoms with Crippen molar-refractivity contribution in [3.63, 3.8) is 0 Å². The van der Waals surface area contributed by atoms with Crippen molar-refractivity contribution in [3.05, 3.63) is 58.9 Å². The molecule has 1 aromatic heterocycles. The minimum absolute atomic E-state index is 0.185. The van der Waals surface area contributed by atoms with Gasteiger partial charge in [-0.05, 0) is 58.3 Å². The number of carbonyl (C=O) groups excluding carboxylic acids is 1.